The van der Waals surface area contributed by atoms with Crippen molar-refractivity contribution in [2.45, 2.75) is 52.4 Å². The van der Waals surface area contributed by atoms with Gasteiger partial charge in [-0.25, -0.2) is 0 Å². The van der Waals surface area contributed by atoms with Crippen LogP contribution >= 0.6 is 0 Å². The Hall–Kier alpha value is -1.96. The van der Waals surface area contributed by atoms with E-state index in [4.69, 9.17) is 0 Å². The highest BCUT2D eigenvalue weighted by Gasteiger charge is 2.04. The third kappa shape index (κ3) is 6.27. The van der Waals surface area contributed by atoms with Crippen LogP contribution in [0.4, 0.5) is 17.1 Å². The average Bonchev–Trinajstić information content (AvgIpc) is 2.63. The number of nitrogens with one attached hydrogen (secondary N) is 1. The fourth-order valence-electron chi connectivity index (χ4n) is 3.00. The molecule has 0 aliphatic rings. The standard InChI is InChI=1S/C22H32N2/c1-3-5-6-7-8-12-19-24(4-2)22-17-15-21(16-18-22)23-20-13-10-9-11-14-20/h9-11,13-18,23H,3-8,12,19H2,1-2H3. The van der Waals surface area contributed by atoms with Gasteiger partial charge in [0, 0.05) is 30.2 Å². The van der Waals surface area contributed by atoms with Crippen LogP contribution in [0.15, 0.2) is 54.6 Å². The Morgan fingerprint density at radius 1 is 0.708 bits per heavy atom. The van der Waals surface area contributed by atoms with E-state index in [0.29, 0.717) is 0 Å². The molecular weight excluding hydrogens is 292 g/mol. The number of benzene rings is 2. The Labute approximate surface area is 147 Å². The quantitative estimate of drug-likeness (QED) is 0.467. The van der Waals surface area contributed by atoms with Gasteiger partial charge in [-0.15, -0.1) is 0 Å². The molecule has 0 radical (unpaired) electrons. The minimum atomic E-state index is 1.07. The average molecular weight is 325 g/mol. The van der Waals surface area contributed by atoms with Crippen LogP contribution in [0.1, 0.15) is 52.4 Å². The topological polar surface area (TPSA) is 15.3 Å². The van der Waals surface area contributed by atoms with Crippen molar-refractivity contribution in [2.75, 3.05) is 23.3 Å². The minimum absolute atomic E-state index is 1.07. The number of rotatable bonds is 11. The fourth-order valence-corrected chi connectivity index (χ4v) is 3.00. The summed E-state index contributed by atoms with van der Waals surface area (Å²) >= 11 is 0. The van der Waals surface area contributed by atoms with Gasteiger partial charge in [0.25, 0.3) is 0 Å². The van der Waals surface area contributed by atoms with Gasteiger partial charge in [0.05, 0.1) is 0 Å². The molecule has 2 nitrogen and oxygen atoms in total. The lowest BCUT2D eigenvalue weighted by Crippen LogP contribution is -2.23. The Balaban J connectivity index is 1.81. The van der Waals surface area contributed by atoms with E-state index in [0.717, 1.165) is 24.5 Å². The van der Waals surface area contributed by atoms with Crippen LogP contribution in [0.25, 0.3) is 0 Å². The van der Waals surface area contributed by atoms with E-state index in [9.17, 15) is 0 Å². The van der Waals surface area contributed by atoms with Crippen LogP contribution in [0, 0.1) is 0 Å². The molecule has 2 aromatic carbocycles. The van der Waals surface area contributed by atoms with E-state index in [1.54, 1.807) is 0 Å². The third-order valence-electron chi connectivity index (χ3n) is 4.46. The van der Waals surface area contributed by atoms with Crippen molar-refractivity contribution in [3.05, 3.63) is 54.6 Å². The lowest BCUT2D eigenvalue weighted by atomic mass is 10.1. The Kier molecular flexibility index (Phi) is 8.23. The van der Waals surface area contributed by atoms with Crippen molar-refractivity contribution in [2.24, 2.45) is 0 Å². The van der Waals surface area contributed by atoms with Crippen molar-refractivity contribution in [3.63, 3.8) is 0 Å². The van der Waals surface area contributed by atoms with Crippen molar-refractivity contribution >= 4 is 17.1 Å². The van der Waals surface area contributed by atoms with Crippen molar-refractivity contribution < 1.29 is 0 Å². The zero-order valence-corrected chi connectivity index (χ0v) is 15.3. The lowest BCUT2D eigenvalue weighted by molar-refractivity contribution is 0.601. The summed E-state index contributed by atoms with van der Waals surface area (Å²) in [6.07, 6.45) is 8.12. The largest absolute Gasteiger partial charge is 0.372 e. The molecule has 0 saturated carbocycles. The number of nitrogens with zero attached hydrogens (tertiary/aromatic N) is 1. The molecule has 24 heavy (non-hydrogen) atoms. The van der Waals surface area contributed by atoms with Crippen LogP contribution in [0.5, 0.6) is 0 Å². The first-order valence-corrected chi connectivity index (χ1v) is 9.50. The highest BCUT2D eigenvalue weighted by Crippen LogP contribution is 2.21. The molecule has 0 aliphatic heterocycles. The van der Waals surface area contributed by atoms with Crippen molar-refractivity contribution in [3.8, 4) is 0 Å². The summed E-state index contributed by atoms with van der Waals surface area (Å²) in [7, 11) is 0. The normalized spacial score (nSPS) is 10.6. The van der Waals surface area contributed by atoms with Gasteiger partial charge in [0.15, 0.2) is 0 Å². The first kappa shape index (κ1) is 18.4. The molecule has 2 aromatic rings. The molecule has 0 heterocycles. The molecule has 0 amide bonds. The number of unbranched alkanes of at least 4 members (excludes halogenated alkanes) is 5. The summed E-state index contributed by atoms with van der Waals surface area (Å²) in [6.45, 7) is 6.75. The van der Waals surface area contributed by atoms with Gasteiger partial charge < -0.3 is 10.2 Å². The van der Waals surface area contributed by atoms with Gasteiger partial charge >= 0.3 is 0 Å². The summed E-state index contributed by atoms with van der Waals surface area (Å²) in [5.74, 6) is 0. The monoisotopic (exact) mass is 324 g/mol. The molecule has 0 aliphatic carbocycles. The first-order valence-electron chi connectivity index (χ1n) is 9.50. The van der Waals surface area contributed by atoms with Gasteiger partial charge in [-0.2, -0.15) is 0 Å². The SMILES string of the molecule is CCCCCCCCN(CC)c1ccc(Nc2ccccc2)cc1. The van der Waals surface area contributed by atoms with Crippen LogP contribution < -0.4 is 10.2 Å². The number of anilines is 3. The summed E-state index contributed by atoms with van der Waals surface area (Å²) in [6, 6.07) is 19.1. The zero-order chi connectivity index (χ0) is 17.0. The van der Waals surface area contributed by atoms with Crippen molar-refractivity contribution in [1.29, 1.82) is 0 Å². The Bertz CT molecular complexity index is 548. The van der Waals surface area contributed by atoms with E-state index < -0.39 is 0 Å². The molecule has 0 spiro atoms. The molecule has 0 fully saturated rings. The number of hydrogen-bond acceptors (Lipinski definition) is 2. The zero-order valence-electron chi connectivity index (χ0n) is 15.3. The van der Waals surface area contributed by atoms with E-state index in [1.165, 1.54) is 44.2 Å². The van der Waals surface area contributed by atoms with Crippen LogP contribution in [0.2, 0.25) is 0 Å². The second-order valence-corrected chi connectivity index (χ2v) is 6.39. The molecule has 0 bridgehead atoms. The Morgan fingerprint density at radius 3 is 2.00 bits per heavy atom. The molecule has 0 unspecified atom stereocenters. The first-order chi connectivity index (χ1) is 11.8. The fraction of sp³-hybridized carbons (Fsp3) is 0.455. The molecule has 0 saturated heterocycles. The molecule has 130 valence electrons. The second-order valence-electron chi connectivity index (χ2n) is 6.39. The van der Waals surface area contributed by atoms with E-state index in [-0.39, 0.29) is 0 Å². The maximum Gasteiger partial charge on any atom is 0.0385 e. The molecule has 0 atom stereocenters. The number of hydrogen-bond donors (Lipinski definition) is 1. The summed E-state index contributed by atoms with van der Waals surface area (Å²) < 4.78 is 0. The maximum atomic E-state index is 3.44. The molecule has 2 rings (SSSR count). The van der Waals surface area contributed by atoms with E-state index in [2.05, 4.69) is 72.6 Å². The Morgan fingerprint density at radius 2 is 1.33 bits per heavy atom. The molecule has 2 heteroatoms. The number of para-hydroxylation sites is 1. The summed E-state index contributed by atoms with van der Waals surface area (Å²) in [5.41, 5.74) is 3.59. The van der Waals surface area contributed by atoms with Crippen LogP contribution in [-0.2, 0) is 0 Å². The summed E-state index contributed by atoms with van der Waals surface area (Å²) in [5, 5.41) is 3.44. The molecular formula is C22H32N2. The summed E-state index contributed by atoms with van der Waals surface area (Å²) in [4.78, 5) is 2.48. The smallest absolute Gasteiger partial charge is 0.0385 e. The second kappa shape index (κ2) is 10.7. The van der Waals surface area contributed by atoms with Gasteiger partial charge in [0.1, 0.15) is 0 Å². The molecule has 1 N–H and O–H groups in total. The highest BCUT2D eigenvalue weighted by atomic mass is 15.1. The van der Waals surface area contributed by atoms with Crippen molar-refractivity contribution in [1.82, 2.24) is 0 Å². The minimum Gasteiger partial charge on any atom is -0.372 e. The van der Waals surface area contributed by atoms with Crippen LogP contribution in [0.3, 0.4) is 0 Å². The van der Waals surface area contributed by atoms with Gasteiger partial charge in [-0.1, -0.05) is 57.2 Å². The highest BCUT2D eigenvalue weighted by molar-refractivity contribution is 5.62. The third-order valence-corrected chi connectivity index (χ3v) is 4.46. The van der Waals surface area contributed by atoms with Gasteiger partial charge in [-0.3, -0.25) is 0 Å². The molecule has 0 aromatic heterocycles. The predicted octanol–water partition coefficient (Wildman–Crippen LogP) is 6.62. The van der Waals surface area contributed by atoms with Gasteiger partial charge in [0.2, 0.25) is 0 Å². The predicted molar refractivity (Wildman–Crippen MR) is 107 cm³/mol. The maximum absolute atomic E-state index is 3.44. The van der Waals surface area contributed by atoms with Gasteiger partial charge in [-0.05, 0) is 49.7 Å². The van der Waals surface area contributed by atoms with E-state index >= 15 is 0 Å². The van der Waals surface area contributed by atoms with Crippen LogP contribution in [-0.4, -0.2) is 13.1 Å². The van der Waals surface area contributed by atoms with E-state index in [1.807, 2.05) is 6.07 Å². The lowest BCUT2D eigenvalue weighted by Gasteiger charge is -2.23.